The summed E-state index contributed by atoms with van der Waals surface area (Å²) < 4.78 is 2.02. The second-order valence-corrected chi connectivity index (χ2v) is 4.31. The molecule has 0 aliphatic heterocycles. The molecule has 1 aromatic heterocycles. The molecule has 1 rings (SSSR count). The Morgan fingerprint density at radius 3 is 2.72 bits per heavy atom. The van der Waals surface area contributed by atoms with Crippen molar-refractivity contribution in [3.63, 3.8) is 0 Å². The lowest BCUT2D eigenvalue weighted by Crippen LogP contribution is -2.33. The summed E-state index contributed by atoms with van der Waals surface area (Å²) >= 11 is 0. The predicted octanol–water partition coefficient (Wildman–Crippen LogP) is 1.47. The lowest BCUT2D eigenvalue weighted by atomic mass is 10.2. The molecule has 0 saturated heterocycles. The van der Waals surface area contributed by atoms with E-state index in [4.69, 9.17) is 0 Å². The van der Waals surface area contributed by atoms with Crippen molar-refractivity contribution in [3.8, 4) is 0 Å². The van der Waals surface area contributed by atoms with Gasteiger partial charge in [-0.05, 0) is 25.8 Å². The van der Waals surface area contributed by atoms with Gasteiger partial charge < -0.3 is 10.6 Å². The van der Waals surface area contributed by atoms with E-state index in [1.807, 2.05) is 23.9 Å². The number of nitrogens with zero attached hydrogens (tertiary/aromatic N) is 2. The molecule has 102 valence electrons. The molecule has 1 aromatic rings. The van der Waals surface area contributed by atoms with Crippen LogP contribution in [-0.2, 0) is 11.3 Å². The summed E-state index contributed by atoms with van der Waals surface area (Å²) in [4.78, 5) is 11.2. The van der Waals surface area contributed by atoms with Crippen molar-refractivity contribution in [3.05, 3.63) is 18.0 Å². The van der Waals surface area contributed by atoms with E-state index in [1.165, 1.54) is 0 Å². The van der Waals surface area contributed by atoms with Gasteiger partial charge in [-0.25, -0.2) is 0 Å². The van der Waals surface area contributed by atoms with Gasteiger partial charge in [-0.15, -0.1) is 0 Å². The molecule has 1 amide bonds. The molecular formula is C13H24N4O. The maximum Gasteiger partial charge on any atom is 0.233 e. The summed E-state index contributed by atoms with van der Waals surface area (Å²) in [5, 5.41) is 10.4. The van der Waals surface area contributed by atoms with Crippen LogP contribution in [0.15, 0.2) is 12.3 Å². The number of carbonyl (C=O) groups is 1. The smallest absolute Gasteiger partial charge is 0.233 e. The van der Waals surface area contributed by atoms with Crippen molar-refractivity contribution in [1.29, 1.82) is 0 Å². The predicted molar refractivity (Wildman–Crippen MR) is 72.2 cm³/mol. The zero-order valence-corrected chi connectivity index (χ0v) is 11.6. The average Bonchev–Trinajstić information content (AvgIpc) is 2.80. The number of likely N-dealkylation sites (N-methyl/N-ethyl adjacent to an activating group) is 1. The Labute approximate surface area is 109 Å². The topological polar surface area (TPSA) is 59.0 Å². The number of carbonyl (C=O) groups excluding carboxylic acids is 1. The Morgan fingerprint density at radius 2 is 2.11 bits per heavy atom. The minimum absolute atomic E-state index is 0.0249. The molecule has 0 unspecified atom stereocenters. The van der Waals surface area contributed by atoms with Gasteiger partial charge in [-0.2, -0.15) is 5.10 Å². The van der Waals surface area contributed by atoms with Gasteiger partial charge in [0.25, 0.3) is 0 Å². The van der Waals surface area contributed by atoms with Crippen molar-refractivity contribution in [2.75, 3.05) is 13.1 Å². The first-order valence-corrected chi connectivity index (χ1v) is 6.72. The van der Waals surface area contributed by atoms with E-state index in [-0.39, 0.29) is 5.91 Å². The first kappa shape index (κ1) is 14.7. The fourth-order valence-corrected chi connectivity index (χ4v) is 1.90. The fourth-order valence-electron chi connectivity index (χ4n) is 1.90. The summed E-state index contributed by atoms with van der Waals surface area (Å²) in [6.07, 6.45) is 4.19. The molecule has 2 N–H and O–H groups in total. The van der Waals surface area contributed by atoms with Crippen molar-refractivity contribution in [2.24, 2.45) is 0 Å². The average molecular weight is 252 g/mol. The molecule has 5 nitrogen and oxygen atoms in total. The SMILES string of the molecule is CCNC(=O)CNCc1ccn(C(CC)CC)n1. The molecule has 5 heteroatoms. The molecule has 0 spiro atoms. The molecule has 0 atom stereocenters. The lowest BCUT2D eigenvalue weighted by Gasteiger charge is -2.12. The van der Waals surface area contributed by atoms with E-state index >= 15 is 0 Å². The van der Waals surface area contributed by atoms with Crippen LogP contribution >= 0.6 is 0 Å². The quantitative estimate of drug-likeness (QED) is 0.736. The van der Waals surface area contributed by atoms with Gasteiger partial charge in [-0.1, -0.05) is 13.8 Å². The highest BCUT2D eigenvalue weighted by molar-refractivity contribution is 5.77. The Hall–Kier alpha value is -1.36. The molecule has 18 heavy (non-hydrogen) atoms. The second-order valence-electron chi connectivity index (χ2n) is 4.31. The Morgan fingerprint density at radius 1 is 1.39 bits per heavy atom. The Kier molecular flexibility index (Phi) is 6.43. The number of hydrogen-bond donors (Lipinski definition) is 2. The standard InChI is InChI=1S/C13H24N4O/c1-4-12(5-2)17-8-7-11(16-17)9-14-10-13(18)15-6-3/h7-8,12,14H,4-6,9-10H2,1-3H3,(H,15,18). The van der Waals surface area contributed by atoms with E-state index in [1.54, 1.807) is 0 Å². The van der Waals surface area contributed by atoms with Crippen molar-refractivity contribution in [2.45, 2.75) is 46.2 Å². The zero-order chi connectivity index (χ0) is 13.4. The molecule has 0 saturated carbocycles. The van der Waals surface area contributed by atoms with Crippen molar-refractivity contribution >= 4 is 5.91 Å². The van der Waals surface area contributed by atoms with E-state index in [0.29, 0.717) is 25.7 Å². The Bertz CT molecular complexity index is 358. The number of rotatable bonds is 8. The molecule has 0 aromatic carbocycles. The third-order valence-electron chi connectivity index (χ3n) is 2.95. The van der Waals surface area contributed by atoms with Crippen LogP contribution in [0.2, 0.25) is 0 Å². The largest absolute Gasteiger partial charge is 0.355 e. The molecule has 1 heterocycles. The summed E-state index contributed by atoms with van der Waals surface area (Å²) in [5.74, 6) is 0.0249. The lowest BCUT2D eigenvalue weighted by molar-refractivity contribution is -0.120. The second kappa shape index (κ2) is 7.87. The maximum absolute atomic E-state index is 11.2. The normalized spacial score (nSPS) is 10.9. The minimum Gasteiger partial charge on any atom is -0.355 e. The van der Waals surface area contributed by atoms with Crippen LogP contribution in [0, 0.1) is 0 Å². The van der Waals surface area contributed by atoms with E-state index in [0.717, 1.165) is 18.5 Å². The van der Waals surface area contributed by atoms with Crippen LogP contribution in [0.5, 0.6) is 0 Å². The van der Waals surface area contributed by atoms with Crippen LogP contribution in [0.4, 0.5) is 0 Å². The van der Waals surface area contributed by atoms with Gasteiger partial charge in [-0.3, -0.25) is 9.48 Å². The third kappa shape index (κ3) is 4.49. The van der Waals surface area contributed by atoms with Gasteiger partial charge >= 0.3 is 0 Å². The first-order valence-electron chi connectivity index (χ1n) is 6.72. The van der Waals surface area contributed by atoms with E-state index in [9.17, 15) is 4.79 Å². The van der Waals surface area contributed by atoms with Crippen LogP contribution in [0.3, 0.4) is 0 Å². The number of aromatic nitrogens is 2. The number of nitrogens with one attached hydrogen (secondary N) is 2. The van der Waals surface area contributed by atoms with Gasteiger partial charge in [0.05, 0.1) is 18.3 Å². The number of amides is 1. The third-order valence-corrected chi connectivity index (χ3v) is 2.95. The summed E-state index contributed by atoms with van der Waals surface area (Å²) in [5.41, 5.74) is 0.978. The highest BCUT2D eigenvalue weighted by Gasteiger charge is 2.07. The van der Waals surface area contributed by atoms with E-state index < -0.39 is 0 Å². The maximum atomic E-state index is 11.2. The van der Waals surface area contributed by atoms with Gasteiger partial charge in [0.15, 0.2) is 0 Å². The monoisotopic (exact) mass is 252 g/mol. The fraction of sp³-hybridized carbons (Fsp3) is 0.692. The van der Waals surface area contributed by atoms with Gasteiger partial charge in [0.2, 0.25) is 5.91 Å². The Balaban J connectivity index is 2.37. The summed E-state index contributed by atoms with van der Waals surface area (Å²) in [7, 11) is 0. The van der Waals surface area contributed by atoms with Crippen molar-refractivity contribution < 1.29 is 4.79 Å². The zero-order valence-electron chi connectivity index (χ0n) is 11.6. The van der Waals surface area contributed by atoms with E-state index in [2.05, 4.69) is 29.6 Å². The highest BCUT2D eigenvalue weighted by Crippen LogP contribution is 2.14. The van der Waals surface area contributed by atoms with Crippen molar-refractivity contribution in [1.82, 2.24) is 20.4 Å². The van der Waals surface area contributed by atoms with Gasteiger partial charge in [0, 0.05) is 19.3 Å². The molecule has 0 radical (unpaired) electrons. The highest BCUT2D eigenvalue weighted by atomic mass is 16.1. The van der Waals surface area contributed by atoms with Crippen LogP contribution < -0.4 is 10.6 Å². The molecular weight excluding hydrogens is 228 g/mol. The first-order chi connectivity index (χ1) is 8.71. The van der Waals surface area contributed by atoms with Crippen LogP contribution in [0.25, 0.3) is 0 Å². The summed E-state index contributed by atoms with van der Waals surface area (Å²) in [6, 6.07) is 2.48. The minimum atomic E-state index is 0.0249. The molecule has 0 bridgehead atoms. The molecule has 0 fully saturated rings. The van der Waals surface area contributed by atoms with Crippen LogP contribution in [0.1, 0.15) is 45.3 Å². The number of hydrogen-bond acceptors (Lipinski definition) is 3. The van der Waals surface area contributed by atoms with Crippen LogP contribution in [-0.4, -0.2) is 28.8 Å². The van der Waals surface area contributed by atoms with Gasteiger partial charge in [0.1, 0.15) is 0 Å². The molecule has 0 aliphatic carbocycles. The summed E-state index contributed by atoms with van der Waals surface area (Å²) in [6.45, 7) is 7.89. The molecule has 0 aliphatic rings.